The number of carbonyl (C=O) groups is 2. The van der Waals surface area contributed by atoms with Gasteiger partial charge in [0.25, 0.3) is 5.91 Å². The van der Waals surface area contributed by atoms with Crippen LogP contribution in [0.5, 0.6) is 17.2 Å². The summed E-state index contributed by atoms with van der Waals surface area (Å²) in [6.07, 6.45) is 0. The average molecular weight is 475 g/mol. The van der Waals surface area contributed by atoms with Gasteiger partial charge in [-0.2, -0.15) is 0 Å². The Hall–Kier alpha value is -3.31. The molecule has 0 bridgehead atoms. The summed E-state index contributed by atoms with van der Waals surface area (Å²) in [5, 5.41) is 13.8. The predicted octanol–water partition coefficient (Wildman–Crippen LogP) is 3.94. The van der Waals surface area contributed by atoms with E-state index in [9.17, 15) is 9.59 Å². The van der Waals surface area contributed by atoms with Gasteiger partial charge < -0.3 is 19.5 Å². The van der Waals surface area contributed by atoms with E-state index < -0.39 is 0 Å². The van der Waals surface area contributed by atoms with Crippen molar-refractivity contribution in [2.75, 3.05) is 37.2 Å². The Balaban J connectivity index is 1.56. The van der Waals surface area contributed by atoms with Gasteiger partial charge in [0.15, 0.2) is 4.34 Å². The van der Waals surface area contributed by atoms with Crippen molar-refractivity contribution in [3.8, 4) is 17.2 Å². The normalized spacial score (nSPS) is 10.3. The summed E-state index contributed by atoms with van der Waals surface area (Å²) >= 11 is 2.40. The summed E-state index contributed by atoms with van der Waals surface area (Å²) < 4.78 is 16.5. The van der Waals surface area contributed by atoms with Crippen molar-refractivity contribution in [1.29, 1.82) is 0 Å². The summed E-state index contributed by atoms with van der Waals surface area (Å²) in [5.74, 6) is 1.12. The minimum Gasteiger partial charge on any atom is -0.497 e. The summed E-state index contributed by atoms with van der Waals surface area (Å²) in [5.41, 5.74) is 0.948. The second kappa shape index (κ2) is 11.3. The number of nitrogens with zero attached hydrogens (tertiary/aromatic N) is 2. The van der Waals surface area contributed by atoms with Crippen LogP contribution in [0.15, 0.2) is 46.8 Å². The molecule has 0 spiro atoms. The molecule has 0 saturated carbocycles. The van der Waals surface area contributed by atoms with E-state index in [2.05, 4.69) is 20.8 Å². The third-order valence-corrected chi connectivity index (χ3v) is 6.04. The molecule has 0 aliphatic rings. The van der Waals surface area contributed by atoms with Crippen molar-refractivity contribution in [1.82, 2.24) is 10.2 Å². The molecule has 32 heavy (non-hydrogen) atoms. The standard InChI is InChI=1S/C21H22N4O5S2/c1-4-30-16-8-6-5-7-15(16)22-18(26)12-31-21-25-24-20(32-21)23-19(27)14-10-9-13(28-2)11-17(14)29-3/h5-11H,4,12H2,1-3H3,(H,22,26)(H,23,24,27). The molecular weight excluding hydrogens is 452 g/mol. The molecule has 0 fully saturated rings. The van der Waals surface area contributed by atoms with Gasteiger partial charge in [-0.3, -0.25) is 14.9 Å². The first-order chi connectivity index (χ1) is 15.5. The summed E-state index contributed by atoms with van der Waals surface area (Å²) in [7, 11) is 3.01. The lowest BCUT2D eigenvalue weighted by Crippen LogP contribution is -2.14. The highest BCUT2D eigenvalue weighted by molar-refractivity contribution is 8.01. The number of hydrogen-bond acceptors (Lipinski definition) is 9. The van der Waals surface area contributed by atoms with E-state index in [1.807, 2.05) is 19.1 Å². The van der Waals surface area contributed by atoms with Crippen LogP contribution in [0.25, 0.3) is 0 Å². The van der Waals surface area contributed by atoms with Crippen LogP contribution in [0.4, 0.5) is 10.8 Å². The third kappa shape index (κ3) is 6.11. The predicted molar refractivity (Wildman–Crippen MR) is 124 cm³/mol. The molecule has 168 valence electrons. The minimum atomic E-state index is -0.387. The maximum atomic E-state index is 12.6. The fourth-order valence-electron chi connectivity index (χ4n) is 2.63. The Morgan fingerprint density at radius 3 is 2.59 bits per heavy atom. The number of para-hydroxylation sites is 2. The number of amides is 2. The van der Waals surface area contributed by atoms with Gasteiger partial charge in [0.1, 0.15) is 17.2 Å². The molecule has 11 heteroatoms. The van der Waals surface area contributed by atoms with E-state index in [0.717, 1.165) is 0 Å². The smallest absolute Gasteiger partial charge is 0.261 e. The Labute approximate surface area is 193 Å². The summed E-state index contributed by atoms with van der Waals surface area (Å²) in [6, 6.07) is 12.1. The summed E-state index contributed by atoms with van der Waals surface area (Å²) in [4.78, 5) is 24.9. The van der Waals surface area contributed by atoms with E-state index >= 15 is 0 Å². The number of thioether (sulfide) groups is 1. The lowest BCUT2D eigenvalue weighted by molar-refractivity contribution is -0.113. The van der Waals surface area contributed by atoms with Gasteiger partial charge in [-0.25, -0.2) is 0 Å². The highest BCUT2D eigenvalue weighted by Gasteiger charge is 2.16. The third-order valence-electron chi connectivity index (χ3n) is 4.07. The largest absolute Gasteiger partial charge is 0.497 e. The van der Waals surface area contributed by atoms with Crippen molar-refractivity contribution in [2.45, 2.75) is 11.3 Å². The average Bonchev–Trinajstić information content (AvgIpc) is 3.25. The molecule has 3 aromatic rings. The molecule has 0 atom stereocenters. The van der Waals surface area contributed by atoms with Crippen LogP contribution in [0.2, 0.25) is 0 Å². The van der Waals surface area contributed by atoms with Gasteiger partial charge >= 0.3 is 0 Å². The lowest BCUT2D eigenvalue weighted by Gasteiger charge is -2.10. The molecule has 2 N–H and O–H groups in total. The Morgan fingerprint density at radius 2 is 1.84 bits per heavy atom. The van der Waals surface area contributed by atoms with Crippen LogP contribution in [0.1, 0.15) is 17.3 Å². The number of benzene rings is 2. The quantitative estimate of drug-likeness (QED) is 0.336. The van der Waals surface area contributed by atoms with Crippen LogP contribution in [0.3, 0.4) is 0 Å². The zero-order chi connectivity index (χ0) is 22.9. The van der Waals surface area contributed by atoms with Crippen molar-refractivity contribution < 1.29 is 23.8 Å². The SMILES string of the molecule is CCOc1ccccc1NC(=O)CSc1nnc(NC(=O)c2ccc(OC)cc2OC)s1. The lowest BCUT2D eigenvalue weighted by atomic mass is 10.2. The fraction of sp³-hybridized carbons (Fsp3) is 0.238. The molecule has 2 aromatic carbocycles. The van der Waals surface area contributed by atoms with E-state index in [1.165, 1.54) is 37.3 Å². The van der Waals surface area contributed by atoms with E-state index in [4.69, 9.17) is 14.2 Å². The van der Waals surface area contributed by atoms with Gasteiger partial charge in [-0.1, -0.05) is 35.2 Å². The van der Waals surface area contributed by atoms with Crippen LogP contribution >= 0.6 is 23.1 Å². The van der Waals surface area contributed by atoms with Crippen molar-refractivity contribution in [3.05, 3.63) is 48.0 Å². The number of carbonyl (C=O) groups excluding carboxylic acids is 2. The Kier molecular flexibility index (Phi) is 8.28. The monoisotopic (exact) mass is 474 g/mol. The molecule has 0 saturated heterocycles. The molecule has 2 amide bonds. The second-order valence-electron chi connectivity index (χ2n) is 6.16. The number of aromatic nitrogens is 2. The second-order valence-corrected chi connectivity index (χ2v) is 8.36. The number of anilines is 2. The Bertz CT molecular complexity index is 1090. The molecule has 0 unspecified atom stereocenters. The highest BCUT2D eigenvalue weighted by atomic mass is 32.2. The topological polar surface area (TPSA) is 112 Å². The number of hydrogen-bond donors (Lipinski definition) is 2. The molecule has 9 nitrogen and oxygen atoms in total. The van der Waals surface area contributed by atoms with Gasteiger partial charge in [-0.05, 0) is 31.2 Å². The van der Waals surface area contributed by atoms with Crippen LogP contribution in [-0.4, -0.2) is 48.6 Å². The zero-order valence-corrected chi connectivity index (χ0v) is 19.3. The molecule has 0 aliphatic heterocycles. The van der Waals surface area contributed by atoms with Crippen LogP contribution in [0, 0.1) is 0 Å². The van der Waals surface area contributed by atoms with Gasteiger partial charge in [0, 0.05) is 6.07 Å². The number of rotatable bonds is 10. The highest BCUT2D eigenvalue weighted by Crippen LogP contribution is 2.29. The number of methoxy groups -OCH3 is 2. The zero-order valence-electron chi connectivity index (χ0n) is 17.7. The number of nitrogens with one attached hydrogen (secondary N) is 2. The molecule has 1 heterocycles. The fourth-order valence-corrected chi connectivity index (χ4v) is 4.18. The first-order valence-electron chi connectivity index (χ1n) is 9.55. The first kappa shape index (κ1) is 23.4. The Morgan fingerprint density at radius 1 is 1.03 bits per heavy atom. The van der Waals surface area contributed by atoms with Crippen molar-refractivity contribution in [2.24, 2.45) is 0 Å². The van der Waals surface area contributed by atoms with Crippen molar-refractivity contribution >= 4 is 45.7 Å². The van der Waals surface area contributed by atoms with E-state index in [0.29, 0.717) is 44.6 Å². The van der Waals surface area contributed by atoms with Gasteiger partial charge in [0.2, 0.25) is 11.0 Å². The van der Waals surface area contributed by atoms with Crippen LogP contribution < -0.4 is 24.8 Å². The van der Waals surface area contributed by atoms with Gasteiger partial charge in [-0.15, -0.1) is 10.2 Å². The summed E-state index contributed by atoms with van der Waals surface area (Å²) in [6.45, 7) is 2.38. The van der Waals surface area contributed by atoms with Crippen molar-refractivity contribution in [3.63, 3.8) is 0 Å². The van der Waals surface area contributed by atoms with E-state index in [-0.39, 0.29) is 17.6 Å². The molecule has 0 aliphatic carbocycles. The molecular formula is C21H22N4O5S2. The first-order valence-corrected chi connectivity index (χ1v) is 11.4. The van der Waals surface area contributed by atoms with E-state index in [1.54, 1.807) is 30.3 Å². The molecule has 1 aromatic heterocycles. The number of ether oxygens (including phenoxy) is 3. The molecule has 0 radical (unpaired) electrons. The molecule has 3 rings (SSSR count). The maximum absolute atomic E-state index is 12.6. The minimum absolute atomic E-state index is 0.134. The van der Waals surface area contributed by atoms with Crippen LogP contribution in [-0.2, 0) is 4.79 Å². The van der Waals surface area contributed by atoms with Gasteiger partial charge in [0.05, 0.1) is 37.8 Å². The maximum Gasteiger partial charge on any atom is 0.261 e.